The van der Waals surface area contributed by atoms with Gasteiger partial charge >= 0.3 is 6.09 Å². The van der Waals surface area contributed by atoms with Crippen LogP contribution in [0.25, 0.3) is 0 Å². The number of aliphatic hydroxyl groups excluding tert-OH is 1. The predicted molar refractivity (Wildman–Crippen MR) is 89.1 cm³/mol. The zero-order chi connectivity index (χ0) is 17.9. The van der Waals surface area contributed by atoms with Crippen molar-refractivity contribution in [3.63, 3.8) is 0 Å². The van der Waals surface area contributed by atoms with Crippen molar-refractivity contribution in [2.24, 2.45) is 0 Å². The molecule has 0 spiro atoms. The van der Waals surface area contributed by atoms with Gasteiger partial charge in [-0.3, -0.25) is 10.1 Å². The standard InChI is InChI=1S/C16H23N3O5/c1-16(2,3)24-15(21)18(6-7-20)10-12-8-11-9-13(19(22)23)4-5-14(11)17-12/h4-5,9,12,17,20H,6-8,10H2,1-3H3/t12-/m0/s1. The van der Waals surface area contributed by atoms with E-state index in [1.165, 1.54) is 11.0 Å². The summed E-state index contributed by atoms with van der Waals surface area (Å²) in [5, 5.41) is 23.3. The minimum Gasteiger partial charge on any atom is -0.444 e. The van der Waals surface area contributed by atoms with Gasteiger partial charge < -0.3 is 20.1 Å². The summed E-state index contributed by atoms with van der Waals surface area (Å²) in [7, 11) is 0. The second kappa shape index (κ2) is 7.04. The summed E-state index contributed by atoms with van der Waals surface area (Å²) in [6.07, 6.45) is 0.0853. The normalized spacial score (nSPS) is 16.2. The summed E-state index contributed by atoms with van der Waals surface area (Å²) in [5.41, 5.74) is 1.12. The molecule has 132 valence electrons. The number of nitrogens with zero attached hydrogens (tertiary/aromatic N) is 2. The lowest BCUT2D eigenvalue weighted by molar-refractivity contribution is -0.384. The number of fused-ring (bicyclic) bond motifs is 1. The number of benzene rings is 1. The van der Waals surface area contributed by atoms with Gasteiger partial charge in [0.05, 0.1) is 11.5 Å². The summed E-state index contributed by atoms with van der Waals surface area (Å²) >= 11 is 0. The van der Waals surface area contributed by atoms with Gasteiger partial charge in [-0.25, -0.2) is 4.79 Å². The minimum absolute atomic E-state index is 0.0514. The zero-order valence-electron chi connectivity index (χ0n) is 14.1. The van der Waals surface area contributed by atoms with Crippen LogP contribution in [-0.2, 0) is 11.2 Å². The molecule has 2 rings (SSSR count). The lowest BCUT2D eigenvalue weighted by atomic mass is 10.1. The molecule has 0 fully saturated rings. The Morgan fingerprint density at radius 1 is 1.50 bits per heavy atom. The Bertz CT molecular complexity index is 627. The van der Waals surface area contributed by atoms with Crippen molar-refractivity contribution < 1.29 is 19.6 Å². The van der Waals surface area contributed by atoms with Crippen molar-refractivity contribution in [1.82, 2.24) is 4.90 Å². The Morgan fingerprint density at radius 2 is 2.21 bits per heavy atom. The van der Waals surface area contributed by atoms with Crippen LogP contribution in [0.3, 0.4) is 0 Å². The number of nitro benzene ring substituents is 1. The van der Waals surface area contributed by atoms with E-state index in [4.69, 9.17) is 4.74 Å². The van der Waals surface area contributed by atoms with Crippen LogP contribution in [0.1, 0.15) is 26.3 Å². The molecule has 0 saturated heterocycles. The van der Waals surface area contributed by atoms with E-state index >= 15 is 0 Å². The Kier molecular flexibility index (Phi) is 5.28. The molecular formula is C16H23N3O5. The number of ether oxygens (including phenoxy) is 1. The Balaban J connectivity index is 2.03. The van der Waals surface area contributed by atoms with E-state index in [-0.39, 0.29) is 24.9 Å². The molecule has 1 aliphatic rings. The molecule has 0 radical (unpaired) electrons. The second-order valence-electron chi connectivity index (χ2n) is 6.79. The maximum absolute atomic E-state index is 12.2. The molecule has 1 aliphatic heterocycles. The topological polar surface area (TPSA) is 105 Å². The number of rotatable bonds is 5. The smallest absolute Gasteiger partial charge is 0.410 e. The molecule has 0 bridgehead atoms. The monoisotopic (exact) mass is 337 g/mol. The summed E-state index contributed by atoms with van der Waals surface area (Å²) in [6.45, 7) is 5.70. The van der Waals surface area contributed by atoms with E-state index in [2.05, 4.69) is 5.32 Å². The van der Waals surface area contributed by atoms with Gasteiger partial charge in [-0.15, -0.1) is 0 Å². The lowest BCUT2D eigenvalue weighted by Crippen LogP contribution is -2.44. The van der Waals surface area contributed by atoms with Crippen LogP contribution < -0.4 is 5.32 Å². The highest BCUT2D eigenvalue weighted by molar-refractivity contribution is 5.68. The molecule has 1 aromatic rings. The van der Waals surface area contributed by atoms with Crippen molar-refractivity contribution in [3.8, 4) is 0 Å². The number of carbonyl (C=O) groups excluding carboxylic acids is 1. The van der Waals surface area contributed by atoms with E-state index in [0.717, 1.165) is 11.3 Å². The highest BCUT2D eigenvalue weighted by atomic mass is 16.6. The molecule has 8 nitrogen and oxygen atoms in total. The van der Waals surface area contributed by atoms with Gasteiger partial charge in [-0.2, -0.15) is 0 Å². The first-order valence-corrected chi connectivity index (χ1v) is 7.82. The fourth-order valence-electron chi connectivity index (χ4n) is 2.62. The Morgan fingerprint density at radius 3 is 2.79 bits per heavy atom. The van der Waals surface area contributed by atoms with E-state index in [0.29, 0.717) is 13.0 Å². The molecule has 1 atom stereocenters. The third kappa shape index (κ3) is 4.58. The molecule has 2 N–H and O–H groups in total. The molecule has 8 heteroatoms. The van der Waals surface area contributed by atoms with Gasteiger partial charge in [0.25, 0.3) is 5.69 Å². The SMILES string of the molecule is CC(C)(C)OC(=O)N(CCO)C[C@@H]1Cc2cc([N+](=O)[O-])ccc2N1. The molecule has 0 aromatic heterocycles. The van der Waals surface area contributed by atoms with Crippen molar-refractivity contribution in [2.45, 2.75) is 38.8 Å². The number of hydrogen-bond acceptors (Lipinski definition) is 6. The first-order valence-electron chi connectivity index (χ1n) is 7.82. The fraction of sp³-hybridized carbons (Fsp3) is 0.562. The van der Waals surface area contributed by atoms with Crippen LogP contribution in [0, 0.1) is 10.1 Å². The molecule has 24 heavy (non-hydrogen) atoms. The number of carbonyl (C=O) groups is 1. The van der Waals surface area contributed by atoms with E-state index in [1.807, 2.05) is 0 Å². The van der Waals surface area contributed by atoms with Gasteiger partial charge in [0, 0.05) is 37.0 Å². The van der Waals surface area contributed by atoms with E-state index in [1.54, 1.807) is 32.9 Å². The molecule has 0 aliphatic carbocycles. The molecule has 0 unspecified atom stereocenters. The third-order valence-corrected chi connectivity index (χ3v) is 3.59. The quantitative estimate of drug-likeness (QED) is 0.630. The summed E-state index contributed by atoms with van der Waals surface area (Å²) in [4.78, 5) is 24.1. The lowest BCUT2D eigenvalue weighted by Gasteiger charge is -2.28. The van der Waals surface area contributed by atoms with Crippen molar-refractivity contribution in [3.05, 3.63) is 33.9 Å². The average molecular weight is 337 g/mol. The van der Waals surface area contributed by atoms with Crippen molar-refractivity contribution in [2.75, 3.05) is 25.0 Å². The van der Waals surface area contributed by atoms with Gasteiger partial charge in [-0.05, 0) is 38.8 Å². The van der Waals surface area contributed by atoms with Crippen LogP contribution in [-0.4, -0.2) is 52.4 Å². The van der Waals surface area contributed by atoms with Gasteiger partial charge in [0.2, 0.25) is 0 Å². The van der Waals surface area contributed by atoms with Crippen molar-refractivity contribution >= 4 is 17.5 Å². The zero-order valence-corrected chi connectivity index (χ0v) is 14.1. The third-order valence-electron chi connectivity index (χ3n) is 3.59. The maximum Gasteiger partial charge on any atom is 0.410 e. The van der Waals surface area contributed by atoms with E-state index in [9.17, 15) is 20.0 Å². The van der Waals surface area contributed by atoms with E-state index < -0.39 is 16.6 Å². The number of hydrogen-bond donors (Lipinski definition) is 2. The highest BCUT2D eigenvalue weighted by Crippen LogP contribution is 2.29. The maximum atomic E-state index is 12.2. The highest BCUT2D eigenvalue weighted by Gasteiger charge is 2.28. The molecule has 1 aromatic carbocycles. The summed E-state index contributed by atoms with van der Waals surface area (Å²) < 4.78 is 5.35. The first kappa shape index (κ1) is 18.0. The predicted octanol–water partition coefficient (Wildman–Crippen LogP) is 2.16. The molecule has 1 amide bonds. The Labute approximate surface area is 140 Å². The fourth-order valence-corrected chi connectivity index (χ4v) is 2.62. The first-order chi connectivity index (χ1) is 11.2. The molecule has 1 heterocycles. The number of nitrogens with one attached hydrogen (secondary N) is 1. The summed E-state index contributed by atoms with van der Waals surface area (Å²) in [5.74, 6) is 0. The van der Waals surface area contributed by atoms with Gasteiger partial charge in [0.15, 0.2) is 0 Å². The molecule has 0 saturated carbocycles. The van der Waals surface area contributed by atoms with Crippen LogP contribution in [0.2, 0.25) is 0 Å². The summed E-state index contributed by atoms with van der Waals surface area (Å²) in [6, 6.07) is 4.60. The van der Waals surface area contributed by atoms with Crippen molar-refractivity contribution in [1.29, 1.82) is 0 Å². The Hall–Kier alpha value is -2.35. The number of amides is 1. The molecular weight excluding hydrogens is 314 g/mol. The van der Waals surface area contributed by atoms with Crippen LogP contribution >= 0.6 is 0 Å². The number of aliphatic hydroxyl groups is 1. The second-order valence-corrected chi connectivity index (χ2v) is 6.79. The van der Waals surface area contributed by atoms with Gasteiger partial charge in [-0.1, -0.05) is 0 Å². The average Bonchev–Trinajstić information content (AvgIpc) is 2.86. The van der Waals surface area contributed by atoms with Gasteiger partial charge in [0.1, 0.15) is 5.60 Å². The largest absolute Gasteiger partial charge is 0.444 e. The number of nitro groups is 1. The number of anilines is 1. The van der Waals surface area contributed by atoms with Crippen LogP contribution in [0.5, 0.6) is 0 Å². The minimum atomic E-state index is -0.614. The van der Waals surface area contributed by atoms with Crippen LogP contribution in [0.4, 0.5) is 16.2 Å². The number of non-ortho nitro benzene ring substituents is 1. The van der Waals surface area contributed by atoms with Crippen LogP contribution in [0.15, 0.2) is 18.2 Å².